The first-order valence-electron chi connectivity index (χ1n) is 9.71. The fraction of sp³-hybridized carbons (Fsp3) is 0.130. The lowest BCUT2D eigenvalue weighted by molar-refractivity contribution is -0.118. The molecule has 33 heavy (non-hydrogen) atoms. The molecule has 3 aromatic carbocycles. The van der Waals surface area contributed by atoms with E-state index in [1.807, 2.05) is 18.2 Å². The lowest BCUT2D eigenvalue weighted by Gasteiger charge is -2.20. The molecule has 172 valence electrons. The summed E-state index contributed by atoms with van der Waals surface area (Å²) >= 11 is 0. The standard InChI is InChI=1S/C23H20ClFN2O5S/c1-32-21-14-18(33(24,30)31)11-12-19(21)26-23(29)20(13-15-5-3-2-4-6-15)27-22(28)16-7-9-17(25)10-8-16/h2-12,14,20H,13H2,1H3,(H,26,29)(H,27,28)/t20-/m0/s1. The molecule has 2 amide bonds. The number of nitrogens with one attached hydrogen (secondary N) is 2. The Kier molecular flexibility index (Phi) is 7.67. The summed E-state index contributed by atoms with van der Waals surface area (Å²) < 4.78 is 41.5. The predicted molar refractivity (Wildman–Crippen MR) is 122 cm³/mol. The number of carbonyl (C=O) groups excluding carboxylic acids is 2. The van der Waals surface area contributed by atoms with Gasteiger partial charge in [0.25, 0.3) is 15.0 Å². The van der Waals surface area contributed by atoms with Crippen LogP contribution < -0.4 is 15.4 Å². The van der Waals surface area contributed by atoms with Crippen molar-refractivity contribution in [1.82, 2.24) is 5.32 Å². The largest absolute Gasteiger partial charge is 0.495 e. The van der Waals surface area contributed by atoms with Gasteiger partial charge in [-0.1, -0.05) is 30.3 Å². The van der Waals surface area contributed by atoms with Crippen molar-refractivity contribution in [2.24, 2.45) is 0 Å². The van der Waals surface area contributed by atoms with Gasteiger partial charge >= 0.3 is 0 Å². The van der Waals surface area contributed by atoms with Gasteiger partial charge in [-0.3, -0.25) is 9.59 Å². The third-order valence-electron chi connectivity index (χ3n) is 4.72. The van der Waals surface area contributed by atoms with E-state index in [9.17, 15) is 22.4 Å². The molecule has 2 N–H and O–H groups in total. The van der Waals surface area contributed by atoms with Crippen LogP contribution in [0.1, 0.15) is 15.9 Å². The molecular formula is C23H20ClFN2O5S. The van der Waals surface area contributed by atoms with Crippen LogP contribution in [0.2, 0.25) is 0 Å². The highest BCUT2D eigenvalue weighted by atomic mass is 35.7. The molecule has 0 aliphatic heterocycles. The number of hydrogen-bond donors (Lipinski definition) is 2. The van der Waals surface area contributed by atoms with E-state index in [-0.39, 0.29) is 28.3 Å². The number of rotatable bonds is 8. The Balaban J connectivity index is 1.85. The van der Waals surface area contributed by atoms with Crippen LogP contribution in [0.15, 0.2) is 77.7 Å². The van der Waals surface area contributed by atoms with E-state index in [1.165, 1.54) is 37.4 Å². The summed E-state index contributed by atoms with van der Waals surface area (Å²) in [5, 5.41) is 5.31. The average Bonchev–Trinajstić information content (AvgIpc) is 2.79. The highest BCUT2D eigenvalue weighted by Gasteiger charge is 2.24. The molecule has 0 unspecified atom stereocenters. The van der Waals surface area contributed by atoms with Crippen LogP contribution in [0.5, 0.6) is 5.75 Å². The van der Waals surface area contributed by atoms with Crippen molar-refractivity contribution in [3.63, 3.8) is 0 Å². The Labute approximate surface area is 195 Å². The minimum atomic E-state index is -3.99. The van der Waals surface area contributed by atoms with Crippen LogP contribution in [0.25, 0.3) is 0 Å². The van der Waals surface area contributed by atoms with Gasteiger partial charge in [-0.15, -0.1) is 0 Å². The molecule has 0 heterocycles. The van der Waals surface area contributed by atoms with E-state index in [4.69, 9.17) is 15.4 Å². The molecule has 7 nitrogen and oxygen atoms in total. The molecule has 10 heteroatoms. The van der Waals surface area contributed by atoms with Crippen molar-refractivity contribution in [3.05, 3.63) is 89.7 Å². The normalized spacial score (nSPS) is 12.0. The van der Waals surface area contributed by atoms with E-state index in [0.29, 0.717) is 0 Å². The van der Waals surface area contributed by atoms with Crippen LogP contribution in [0.4, 0.5) is 10.1 Å². The highest BCUT2D eigenvalue weighted by molar-refractivity contribution is 8.13. The maximum Gasteiger partial charge on any atom is 0.261 e. The maximum atomic E-state index is 13.2. The van der Waals surface area contributed by atoms with Crippen LogP contribution >= 0.6 is 10.7 Å². The molecule has 1 atom stereocenters. The first-order chi connectivity index (χ1) is 15.7. The van der Waals surface area contributed by atoms with Gasteiger partial charge in [0.05, 0.1) is 17.7 Å². The second kappa shape index (κ2) is 10.5. The fourth-order valence-corrected chi connectivity index (χ4v) is 3.81. The van der Waals surface area contributed by atoms with Crippen LogP contribution in [0.3, 0.4) is 0 Å². The van der Waals surface area contributed by atoms with Gasteiger partial charge in [0.15, 0.2) is 0 Å². The minimum Gasteiger partial charge on any atom is -0.495 e. The molecule has 3 aromatic rings. The number of hydrogen-bond acceptors (Lipinski definition) is 5. The van der Waals surface area contributed by atoms with Crippen LogP contribution in [-0.2, 0) is 20.3 Å². The summed E-state index contributed by atoms with van der Waals surface area (Å²) in [5.74, 6) is -1.52. The Hall–Kier alpha value is -3.43. The molecule has 0 aromatic heterocycles. The van der Waals surface area contributed by atoms with Crippen molar-refractivity contribution >= 4 is 37.2 Å². The number of ether oxygens (including phenoxy) is 1. The Morgan fingerprint density at radius 2 is 1.70 bits per heavy atom. The fourth-order valence-electron chi connectivity index (χ4n) is 3.05. The van der Waals surface area contributed by atoms with Gasteiger partial charge in [-0.05, 0) is 42.0 Å². The van der Waals surface area contributed by atoms with E-state index in [0.717, 1.165) is 17.7 Å². The van der Waals surface area contributed by atoms with Crippen molar-refractivity contribution in [3.8, 4) is 5.75 Å². The van der Waals surface area contributed by atoms with Gasteiger partial charge in [0, 0.05) is 28.7 Å². The first kappa shape index (κ1) is 24.2. The second-order valence-corrected chi connectivity index (χ2v) is 9.58. The van der Waals surface area contributed by atoms with Crippen molar-refractivity contribution in [1.29, 1.82) is 0 Å². The van der Waals surface area contributed by atoms with Crippen LogP contribution in [-0.4, -0.2) is 33.4 Å². The Morgan fingerprint density at radius 1 is 1.03 bits per heavy atom. The van der Waals surface area contributed by atoms with Gasteiger partial charge in [0.2, 0.25) is 5.91 Å². The Bertz CT molecular complexity index is 1250. The summed E-state index contributed by atoms with van der Waals surface area (Å²) in [6.45, 7) is 0. The van der Waals surface area contributed by atoms with E-state index < -0.39 is 32.7 Å². The zero-order valence-electron chi connectivity index (χ0n) is 17.4. The van der Waals surface area contributed by atoms with Gasteiger partial charge < -0.3 is 15.4 Å². The quantitative estimate of drug-likeness (QED) is 0.468. The predicted octanol–water partition coefficient (Wildman–Crippen LogP) is 3.74. The zero-order valence-corrected chi connectivity index (χ0v) is 19.0. The molecule has 0 aliphatic rings. The monoisotopic (exact) mass is 490 g/mol. The topological polar surface area (TPSA) is 102 Å². The van der Waals surface area contributed by atoms with Gasteiger partial charge in [-0.2, -0.15) is 0 Å². The van der Waals surface area contributed by atoms with E-state index in [2.05, 4.69) is 10.6 Å². The second-order valence-electron chi connectivity index (χ2n) is 7.01. The number of carbonyl (C=O) groups is 2. The summed E-state index contributed by atoms with van der Waals surface area (Å²) in [6, 6.07) is 16.7. The number of benzene rings is 3. The smallest absolute Gasteiger partial charge is 0.261 e. The van der Waals surface area contributed by atoms with Gasteiger partial charge in [-0.25, -0.2) is 12.8 Å². The van der Waals surface area contributed by atoms with Crippen molar-refractivity contribution < 1.29 is 27.1 Å². The third-order valence-corrected chi connectivity index (χ3v) is 6.07. The van der Waals surface area contributed by atoms with E-state index >= 15 is 0 Å². The molecule has 3 rings (SSSR count). The summed E-state index contributed by atoms with van der Waals surface area (Å²) in [4.78, 5) is 25.6. The lowest BCUT2D eigenvalue weighted by atomic mass is 10.0. The van der Waals surface area contributed by atoms with Crippen molar-refractivity contribution in [2.75, 3.05) is 12.4 Å². The molecule has 0 radical (unpaired) electrons. The molecular weight excluding hydrogens is 471 g/mol. The lowest BCUT2D eigenvalue weighted by Crippen LogP contribution is -2.45. The molecule has 0 saturated carbocycles. The molecule has 0 fully saturated rings. The average molecular weight is 491 g/mol. The van der Waals surface area contributed by atoms with E-state index in [1.54, 1.807) is 12.1 Å². The van der Waals surface area contributed by atoms with Crippen LogP contribution in [0, 0.1) is 5.82 Å². The summed E-state index contributed by atoms with van der Waals surface area (Å²) in [7, 11) is 2.69. The minimum absolute atomic E-state index is 0.0772. The number of methoxy groups -OCH3 is 1. The first-order valence-corrected chi connectivity index (χ1v) is 12.0. The molecule has 0 aliphatic carbocycles. The zero-order chi connectivity index (χ0) is 24.0. The highest BCUT2D eigenvalue weighted by Crippen LogP contribution is 2.29. The molecule has 0 bridgehead atoms. The Morgan fingerprint density at radius 3 is 2.30 bits per heavy atom. The molecule has 0 spiro atoms. The summed E-state index contributed by atoms with van der Waals surface area (Å²) in [5.41, 5.74) is 1.18. The number of anilines is 1. The summed E-state index contributed by atoms with van der Waals surface area (Å²) in [6.07, 6.45) is 0.177. The third kappa shape index (κ3) is 6.53. The number of amides is 2. The van der Waals surface area contributed by atoms with Crippen molar-refractivity contribution in [2.45, 2.75) is 17.4 Å². The molecule has 0 saturated heterocycles. The number of halogens is 2. The SMILES string of the molecule is COc1cc(S(=O)(=O)Cl)ccc1NC(=O)[C@H](Cc1ccccc1)NC(=O)c1ccc(F)cc1. The van der Waals surface area contributed by atoms with Gasteiger partial charge in [0.1, 0.15) is 17.6 Å². The maximum absolute atomic E-state index is 13.2.